The Kier molecular flexibility index (Phi) is 74.3. The summed E-state index contributed by atoms with van der Waals surface area (Å²) in [7, 11) is 3.46. The van der Waals surface area contributed by atoms with Crippen molar-refractivity contribution < 1.29 is 42.6 Å². The number of benzene rings is 2. The molecular weight excluding hydrogens is 889 g/mol. The van der Waals surface area contributed by atoms with E-state index in [1.807, 2.05) is 67.6 Å². The normalized spacial score (nSPS) is 13.1. The Bertz CT molecular complexity index is 1130. The van der Waals surface area contributed by atoms with Gasteiger partial charge in [0.25, 0.3) is 0 Å². The van der Waals surface area contributed by atoms with Crippen molar-refractivity contribution in [3.05, 3.63) is 60.7 Å². The molecule has 0 spiro atoms. The minimum absolute atomic E-state index is 0.317. The minimum Gasteiger partial charge on any atom is -0.491 e. The molecule has 0 bridgehead atoms. The second-order valence-corrected chi connectivity index (χ2v) is 18.6. The summed E-state index contributed by atoms with van der Waals surface area (Å²) in [5, 5.41) is 0. The average Bonchev–Trinajstić information content (AvgIpc) is 3.40. The van der Waals surface area contributed by atoms with Crippen molar-refractivity contribution in [1.82, 2.24) is 0 Å². The number of unbranched alkanes of at least 4 members (excludes halogenated alkanes) is 2. The van der Waals surface area contributed by atoms with Crippen molar-refractivity contribution in [1.29, 1.82) is 0 Å². The van der Waals surface area contributed by atoms with Gasteiger partial charge in [-0.05, 0) is 143 Å². The lowest BCUT2D eigenvalue weighted by Gasteiger charge is -2.11. The van der Waals surface area contributed by atoms with Crippen LogP contribution in [0.1, 0.15) is 216 Å². The molecule has 0 fully saturated rings. The first-order chi connectivity index (χ1) is 33.8. The molecule has 0 heterocycles. The first kappa shape index (κ1) is 80.2. The van der Waals surface area contributed by atoms with Crippen molar-refractivity contribution in [3.63, 3.8) is 0 Å². The predicted octanol–water partition coefficient (Wildman–Crippen LogP) is 17.9. The first-order valence-corrected chi connectivity index (χ1v) is 28.3. The van der Waals surface area contributed by atoms with E-state index in [1.165, 1.54) is 25.7 Å². The third-order valence-electron chi connectivity index (χ3n) is 10.9. The fourth-order valence-electron chi connectivity index (χ4n) is 3.99. The van der Waals surface area contributed by atoms with Gasteiger partial charge in [-0.2, -0.15) is 0 Å². The average molecular weight is 1010 g/mol. The lowest BCUT2D eigenvalue weighted by atomic mass is 10.2. The predicted molar refractivity (Wildman–Crippen MR) is 311 cm³/mol. The van der Waals surface area contributed by atoms with Crippen LogP contribution >= 0.6 is 0 Å². The first-order valence-electron chi connectivity index (χ1n) is 28.3. The van der Waals surface area contributed by atoms with E-state index in [0.29, 0.717) is 61.9 Å². The highest BCUT2D eigenvalue weighted by molar-refractivity contribution is 5.21. The Balaban J connectivity index is -0.000000173. The van der Waals surface area contributed by atoms with Gasteiger partial charge in [0, 0.05) is 34.0 Å². The molecule has 426 valence electrons. The van der Waals surface area contributed by atoms with E-state index in [9.17, 15) is 0 Å². The molecule has 9 heteroatoms. The fourth-order valence-corrected chi connectivity index (χ4v) is 3.99. The van der Waals surface area contributed by atoms with Crippen LogP contribution in [-0.4, -0.2) is 103 Å². The zero-order chi connectivity index (χ0) is 55.5. The molecule has 0 aliphatic carbocycles. The van der Waals surface area contributed by atoms with Crippen molar-refractivity contribution in [3.8, 4) is 11.5 Å². The smallest absolute Gasteiger partial charge is 0.119 e. The van der Waals surface area contributed by atoms with E-state index >= 15 is 0 Å². The number of hydrogen-bond acceptors (Lipinski definition) is 9. The Labute approximate surface area is 444 Å². The SMILES string of the molecule is CCC(C)C.CCC(C)OC.CCC(C)OC.CCC(C)OCC(C)C.CCC(C)OCCOc1ccccc1.CCC(C)Oc1ccccc1.CCCCCOC(C)CC.CCOCCOC(C)CC. The Morgan fingerprint density at radius 3 is 1.04 bits per heavy atom. The zero-order valence-corrected chi connectivity index (χ0v) is 51.4. The lowest BCUT2D eigenvalue weighted by Crippen LogP contribution is -2.13. The second kappa shape index (κ2) is 65.8. The van der Waals surface area contributed by atoms with Crippen LogP contribution in [0.4, 0.5) is 0 Å². The van der Waals surface area contributed by atoms with Crippen LogP contribution < -0.4 is 9.47 Å². The van der Waals surface area contributed by atoms with Gasteiger partial charge in [-0.15, -0.1) is 0 Å². The minimum atomic E-state index is 0.317. The number of hydrogen-bond donors (Lipinski definition) is 0. The van der Waals surface area contributed by atoms with Gasteiger partial charge >= 0.3 is 0 Å². The van der Waals surface area contributed by atoms with Crippen LogP contribution in [0.15, 0.2) is 60.7 Å². The van der Waals surface area contributed by atoms with Crippen molar-refractivity contribution in [2.75, 3.05) is 60.5 Å². The van der Waals surface area contributed by atoms with Crippen molar-refractivity contribution in [2.45, 2.75) is 259 Å². The molecule has 0 N–H and O–H groups in total. The summed E-state index contributed by atoms with van der Waals surface area (Å²) in [5.41, 5.74) is 0. The topological polar surface area (TPSA) is 83.1 Å². The highest BCUT2D eigenvalue weighted by Crippen LogP contribution is 2.12. The third kappa shape index (κ3) is 76.8. The molecule has 71 heavy (non-hydrogen) atoms. The van der Waals surface area contributed by atoms with E-state index in [4.69, 9.17) is 42.6 Å². The monoisotopic (exact) mass is 1010 g/mol. The molecule has 2 aromatic rings. The van der Waals surface area contributed by atoms with Gasteiger partial charge in [0.2, 0.25) is 0 Å². The molecule has 0 aromatic heterocycles. The lowest BCUT2D eigenvalue weighted by molar-refractivity contribution is 0.0142. The molecule has 0 aliphatic heterocycles. The van der Waals surface area contributed by atoms with Crippen LogP contribution in [-0.2, 0) is 33.2 Å². The van der Waals surface area contributed by atoms with Gasteiger partial charge in [0.15, 0.2) is 0 Å². The summed E-state index contributed by atoms with van der Waals surface area (Å²) in [6, 6.07) is 19.7. The zero-order valence-electron chi connectivity index (χ0n) is 51.4. The van der Waals surface area contributed by atoms with Crippen LogP contribution in [0.3, 0.4) is 0 Å². The number of rotatable bonds is 30. The third-order valence-corrected chi connectivity index (χ3v) is 10.9. The van der Waals surface area contributed by atoms with E-state index in [0.717, 1.165) is 95.4 Å². The summed E-state index contributed by atoms with van der Waals surface area (Å²) in [5.74, 6) is 3.41. The second-order valence-electron chi connectivity index (χ2n) is 18.6. The summed E-state index contributed by atoms with van der Waals surface area (Å²) >= 11 is 0. The fraction of sp³-hybridized carbons (Fsp3) is 0.806. The van der Waals surface area contributed by atoms with Crippen LogP contribution in [0.5, 0.6) is 11.5 Å². The van der Waals surface area contributed by atoms with Crippen molar-refractivity contribution in [2.24, 2.45) is 11.8 Å². The number of methoxy groups -OCH3 is 2. The van der Waals surface area contributed by atoms with Gasteiger partial charge in [-0.25, -0.2) is 0 Å². The highest BCUT2D eigenvalue weighted by atomic mass is 16.5. The maximum atomic E-state index is 5.56. The van der Waals surface area contributed by atoms with Gasteiger partial charge in [0.1, 0.15) is 18.1 Å². The molecule has 0 amide bonds. The Morgan fingerprint density at radius 1 is 0.352 bits per heavy atom. The van der Waals surface area contributed by atoms with Gasteiger partial charge in [-0.1, -0.05) is 146 Å². The highest BCUT2D eigenvalue weighted by Gasteiger charge is 2.01. The quantitative estimate of drug-likeness (QED) is 0.0711. The molecule has 7 atom stereocenters. The molecule has 2 rings (SSSR count). The molecule has 0 radical (unpaired) electrons. The molecule has 0 saturated carbocycles. The van der Waals surface area contributed by atoms with Crippen LogP contribution in [0.25, 0.3) is 0 Å². The molecule has 2 aromatic carbocycles. The molecule has 7 unspecified atom stereocenters. The number of ether oxygens (including phenoxy) is 9. The number of para-hydroxylation sites is 2. The Morgan fingerprint density at radius 2 is 0.718 bits per heavy atom. The molecule has 0 saturated heterocycles. The van der Waals surface area contributed by atoms with E-state index in [-0.39, 0.29) is 0 Å². The standard InChI is InChI=1S/C12H18O2.C10H14O.C9H20O.C8H18O2.C8H18O.2C5H12O.C5H12/c1-3-11(2)13-9-10-14-12-7-5-4-6-8-12;1-3-9(2)11-10-7-5-4-6-8-10;1-4-6-7-8-10-9(3)5-2;1-4-8(3)10-7-6-9-5-2;1-5-8(4)9-6-7(2)3;2*1-4-5(2)6-3;1-4-5(2)3/h4-8,11H,3,9-10H2,1-2H3;4-9H,3H2,1-2H3;9H,4-8H2,1-3H3;8H,4-7H2,1-3H3;7-8H,5-6H2,1-4H3;2*5H,4H2,1-3H3;5H,4H2,1-3H3. The summed E-state index contributed by atoms with van der Waals surface area (Å²) in [4.78, 5) is 0. The van der Waals surface area contributed by atoms with Gasteiger partial charge in [0.05, 0.1) is 62.5 Å². The van der Waals surface area contributed by atoms with E-state index in [1.54, 1.807) is 14.2 Å². The van der Waals surface area contributed by atoms with Crippen LogP contribution in [0.2, 0.25) is 0 Å². The molecular formula is C62H124O9. The van der Waals surface area contributed by atoms with Crippen LogP contribution in [0, 0.1) is 11.8 Å². The summed E-state index contributed by atoms with van der Waals surface area (Å²) in [6.07, 6.45) is 15.5. The van der Waals surface area contributed by atoms with E-state index < -0.39 is 0 Å². The molecule has 0 aliphatic rings. The maximum Gasteiger partial charge on any atom is 0.119 e. The largest absolute Gasteiger partial charge is 0.491 e. The summed E-state index contributed by atoms with van der Waals surface area (Å²) in [6.45, 7) is 50.0. The van der Waals surface area contributed by atoms with E-state index in [2.05, 4.69) is 138 Å². The Hall–Kier alpha value is -2.24. The van der Waals surface area contributed by atoms with Gasteiger partial charge < -0.3 is 42.6 Å². The maximum absolute atomic E-state index is 5.56. The van der Waals surface area contributed by atoms with Crippen molar-refractivity contribution >= 4 is 0 Å². The summed E-state index contributed by atoms with van der Waals surface area (Å²) < 4.78 is 47.7. The molecule has 9 nitrogen and oxygen atoms in total. The van der Waals surface area contributed by atoms with Gasteiger partial charge in [-0.3, -0.25) is 0 Å².